The molecule has 0 radical (unpaired) electrons. The van der Waals surface area contributed by atoms with Crippen molar-refractivity contribution in [1.82, 2.24) is 15.2 Å². The summed E-state index contributed by atoms with van der Waals surface area (Å²) in [6.45, 7) is 0. The molecule has 5 nitrogen and oxygen atoms in total. The molecule has 19 heavy (non-hydrogen) atoms. The van der Waals surface area contributed by atoms with Crippen LogP contribution in [0, 0.1) is 0 Å². The summed E-state index contributed by atoms with van der Waals surface area (Å²) in [6.07, 6.45) is 1.64. The van der Waals surface area contributed by atoms with E-state index in [-0.39, 0.29) is 5.91 Å². The highest BCUT2D eigenvalue weighted by Crippen LogP contribution is 2.19. The Bertz CT molecular complexity index is 753. The number of aromatic nitrogens is 3. The molecule has 0 fully saturated rings. The number of nitrogens with one attached hydrogen (secondary N) is 2. The second-order valence-electron chi connectivity index (χ2n) is 3.94. The average Bonchev–Trinajstić information content (AvgIpc) is 2.82. The van der Waals surface area contributed by atoms with E-state index in [4.69, 9.17) is 11.6 Å². The van der Waals surface area contributed by atoms with Crippen molar-refractivity contribution in [3.05, 3.63) is 53.2 Å². The fraction of sp³-hybridized carbons (Fsp3) is 0. The van der Waals surface area contributed by atoms with Crippen LogP contribution in [0.3, 0.4) is 0 Å². The minimum atomic E-state index is -0.253. The van der Waals surface area contributed by atoms with Crippen molar-refractivity contribution in [1.29, 1.82) is 0 Å². The Morgan fingerprint density at radius 2 is 2.16 bits per heavy atom. The van der Waals surface area contributed by atoms with Crippen molar-refractivity contribution in [2.24, 2.45) is 0 Å². The SMILES string of the molecule is O=C(Nc1[nH]nc2ncccc12)c1cccc(Cl)c1. The standard InChI is InChI=1S/C13H9ClN4O/c14-9-4-1-3-8(7-9)13(19)16-12-10-5-2-6-15-11(10)17-18-12/h1-7H,(H2,15,16,17,18,19). The summed E-state index contributed by atoms with van der Waals surface area (Å²) in [5, 5.41) is 10.8. The van der Waals surface area contributed by atoms with E-state index < -0.39 is 0 Å². The molecule has 0 atom stereocenters. The lowest BCUT2D eigenvalue weighted by Crippen LogP contribution is -2.12. The van der Waals surface area contributed by atoms with Gasteiger partial charge in [-0.3, -0.25) is 9.89 Å². The first-order valence-electron chi connectivity index (χ1n) is 5.60. The minimum absolute atomic E-state index is 0.253. The van der Waals surface area contributed by atoms with Crippen molar-refractivity contribution in [3.8, 4) is 0 Å². The van der Waals surface area contributed by atoms with E-state index >= 15 is 0 Å². The molecule has 1 aromatic carbocycles. The Labute approximate surface area is 113 Å². The maximum absolute atomic E-state index is 12.1. The fourth-order valence-corrected chi connectivity index (χ4v) is 1.95. The van der Waals surface area contributed by atoms with Gasteiger partial charge in [0.15, 0.2) is 5.65 Å². The van der Waals surface area contributed by atoms with Crippen LogP contribution in [0.4, 0.5) is 5.82 Å². The molecule has 0 aliphatic rings. The number of anilines is 1. The smallest absolute Gasteiger partial charge is 0.256 e. The zero-order valence-electron chi connectivity index (χ0n) is 9.72. The molecule has 2 N–H and O–H groups in total. The summed E-state index contributed by atoms with van der Waals surface area (Å²) in [4.78, 5) is 16.2. The van der Waals surface area contributed by atoms with Gasteiger partial charge in [0, 0.05) is 16.8 Å². The van der Waals surface area contributed by atoms with Gasteiger partial charge < -0.3 is 5.32 Å². The van der Waals surface area contributed by atoms with Crippen LogP contribution in [0.25, 0.3) is 11.0 Å². The topological polar surface area (TPSA) is 70.7 Å². The quantitative estimate of drug-likeness (QED) is 0.753. The Morgan fingerprint density at radius 1 is 1.26 bits per heavy atom. The number of amides is 1. The molecule has 0 aliphatic heterocycles. The Balaban J connectivity index is 1.91. The number of hydrogen-bond acceptors (Lipinski definition) is 3. The molecular weight excluding hydrogens is 264 g/mol. The van der Waals surface area contributed by atoms with Crippen LogP contribution in [-0.4, -0.2) is 21.1 Å². The summed E-state index contributed by atoms with van der Waals surface area (Å²) in [5.74, 6) is 0.268. The number of carbonyl (C=O) groups is 1. The van der Waals surface area contributed by atoms with Gasteiger partial charge in [-0.05, 0) is 30.3 Å². The molecule has 3 aromatic rings. The molecule has 0 bridgehead atoms. The minimum Gasteiger partial charge on any atom is -0.306 e. The van der Waals surface area contributed by atoms with Gasteiger partial charge in [0.05, 0.1) is 5.39 Å². The number of halogens is 1. The van der Waals surface area contributed by atoms with Crippen LogP contribution in [0.5, 0.6) is 0 Å². The second kappa shape index (κ2) is 4.70. The first-order chi connectivity index (χ1) is 9.24. The summed E-state index contributed by atoms with van der Waals surface area (Å²) in [7, 11) is 0. The number of pyridine rings is 1. The van der Waals surface area contributed by atoms with Crippen LogP contribution >= 0.6 is 11.6 Å². The molecule has 2 heterocycles. The number of fused-ring (bicyclic) bond motifs is 1. The highest BCUT2D eigenvalue weighted by atomic mass is 35.5. The van der Waals surface area contributed by atoms with E-state index in [0.29, 0.717) is 22.1 Å². The molecule has 3 rings (SSSR count). The number of aromatic amines is 1. The maximum Gasteiger partial charge on any atom is 0.256 e. The molecule has 6 heteroatoms. The number of hydrogen-bond donors (Lipinski definition) is 2. The maximum atomic E-state index is 12.1. The van der Waals surface area contributed by atoms with Gasteiger partial charge in [-0.2, -0.15) is 5.10 Å². The first kappa shape index (κ1) is 11.7. The Kier molecular flexibility index (Phi) is 2.89. The van der Waals surface area contributed by atoms with Crippen molar-refractivity contribution in [2.45, 2.75) is 0 Å². The third-order valence-corrected chi connectivity index (χ3v) is 2.89. The zero-order chi connectivity index (χ0) is 13.2. The largest absolute Gasteiger partial charge is 0.306 e. The molecule has 94 valence electrons. The number of carbonyl (C=O) groups excluding carboxylic acids is 1. The fourth-order valence-electron chi connectivity index (χ4n) is 1.76. The van der Waals surface area contributed by atoms with E-state index in [1.165, 1.54) is 0 Å². The van der Waals surface area contributed by atoms with Crippen molar-refractivity contribution in [3.63, 3.8) is 0 Å². The van der Waals surface area contributed by atoms with Crippen LogP contribution < -0.4 is 5.32 Å². The second-order valence-corrected chi connectivity index (χ2v) is 4.37. The lowest BCUT2D eigenvalue weighted by atomic mass is 10.2. The number of H-pyrrole nitrogens is 1. The summed E-state index contributed by atoms with van der Waals surface area (Å²) < 4.78 is 0. The lowest BCUT2D eigenvalue weighted by molar-refractivity contribution is 0.102. The van der Waals surface area contributed by atoms with E-state index in [1.54, 1.807) is 36.5 Å². The molecule has 0 spiro atoms. The molecule has 0 unspecified atom stereocenters. The van der Waals surface area contributed by atoms with E-state index in [2.05, 4.69) is 20.5 Å². The summed E-state index contributed by atoms with van der Waals surface area (Å²) >= 11 is 5.86. The third-order valence-electron chi connectivity index (χ3n) is 2.65. The molecular formula is C13H9ClN4O. The monoisotopic (exact) mass is 272 g/mol. The van der Waals surface area contributed by atoms with E-state index in [9.17, 15) is 4.79 Å². The number of benzene rings is 1. The van der Waals surface area contributed by atoms with Gasteiger partial charge >= 0.3 is 0 Å². The molecule has 1 amide bonds. The first-order valence-corrected chi connectivity index (χ1v) is 5.98. The third kappa shape index (κ3) is 2.28. The Hall–Kier alpha value is -2.40. The van der Waals surface area contributed by atoms with Gasteiger partial charge in [0.25, 0.3) is 5.91 Å². The predicted molar refractivity (Wildman–Crippen MR) is 73.3 cm³/mol. The molecule has 0 aliphatic carbocycles. The summed E-state index contributed by atoms with van der Waals surface area (Å²) in [5.41, 5.74) is 1.04. The molecule has 2 aromatic heterocycles. The van der Waals surface area contributed by atoms with Gasteiger partial charge in [0.2, 0.25) is 0 Å². The van der Waals surface area contributed by atoms with Gasteiger partial charge in [-0.1, -0.05) is 17.7 Å². The van der Waals surface area contributed by atoms with Crippen LogP contribution in [0.2, 0.25) is 5.02 Å². The lowest BCUT2D eigenvalue weighted by Gasteiger charge is -2.03. The molecule has 0 saturated heterocycles. The number of rotatable bonds is 2. The normalized spacial score (nSPS) is 10.6. The van der Waals surface area contributed by atoms with E-state index in [0.717, 1.165) is 5.39 Å². The van der Waals surface area contributed by atoms with E-state index in [1.807, 2.05) is 6.07 Å². The van der Waals surface area contributed by atoms with Crippen molar-refractivity contribution < 1.29 is 4.79 Å². The van der Waals surface area contributed by atoms with Crippen LogP contribution in [0.1, 0.15) is 10.4 Å². The van der Waals surface area contributed by atoms with Gasteiger partial charge in [-0.25, -0.2) is 4.98 Å². The van der Waals surface area contributed by atoms with Crippen LogP contribution in [-0.2, 0) is 0 Å². The van der Waals surface area contributed by atoms with Crippen LogP contribution in [0.15, 0.2) is 42.6 Å². The molecule has 0 saturated carbocycles. The predicted octanol–water partition coefficient (Wildman–Crippen LogP) is 2.86. The van der Waals surface area contributed by atoms with Gasteiger partial charge in [-0.15, -0.1) is 0 Å². The highest BCUT2D eigenvalue weighted by molar-refractivity contribution is 6.31. The Morgan fingerprint density at radius 3 is 3.00 bits per heavy atom. The van der Waals surface area contributed by atoms with Gasteiger partial charge in [0.1, 0.15) is 5.82 Å². The average molecular weight is 273 g/mol. The van der Waals surface area contributed by atoms with Crippen molar-refractivity contribution >= 4 is 34.4 Å². The highest BCUT2D eigenvalue weighted by Gasteiger charge is 2.11. The number of nitrogens with zero attached hydrogens (tertiary/aromatic N) is 2. The summed E-state index contributed by atoms with van der Waals surface area (Å²) in [6, 6.07) is 10.4. The zero-order valence-corrected chi connectivity index (χ0v) is 10.5. The van der Waals surface area contributed by atoms with Crippen molar-refractivity contribution in [2.75, 3.05) is 5.32 Å².